The molecule has 0 bridgehead atoms. The standard InChI is InChI=1S/C24H38O10/c25-11-17-21(29)23(31)19(27)15(33-17)5-1-3-13-7-9-14(10-8-13)4-2-6-16-20(28)24(32)22(30)18(12-26)34-16/h7-10,15-32H,1-6,11-12H2/t15-,16?,17-,18-,19-,20-,21-,22-,23-,24-/m1/s1. The van der Waals surface area contributed by atoms with E-state index in [-0.39, 0.29) is 0 Å². The lowest BCUT2D eigenvalue weighted by atomic mass is 9.91. The van der Waals surface area contributed by atoms with Crippen molar-refractivity contribution in [2.24, 2.45) is 0 Å². The number of ether oxygens (including phenoxy) is 2. The molecule has 2 fully saturated rings. The molecule has 1 aromatic rings. The number of rotatable bonds is 10. The number of aryl methyl sites for hydroxylation is 2. The summed E-state index contributed by atoms with van der Waals surface area (Å²) in [4.78, 5) is 0. The molecule has 0 radical (unpaired) electrons. The van der Waals surface area contributed by atoms with E-state index < -0.39 is 74.3 Å². The van der Waals surface area contributed by atoms with Crippen LogP contribution in [0.15, 0.2) is 24.3 Å². The van der Waals surface area contributed by atoms with Crippen molar-refractivity contribution in [1.29, 1.82) is 0 Å². The lowest BCUT2D eigenvalue weighted by Gasteiger charge is -2.40. The maximum Gasteiger partial charge on any atom is 0.111 e. The van der Waals surface area contributed by atoms with Gasteiger partial charge in [0.05, 0.1) is 25.4 Å². The highest BCUT2D eigenvalue weighted by Crippen LogP contribution is 2.26. The Bertz CT molecular complexity index is 666. The van der Waals surface area contributed by atoms with E-state index in [1.807, 2.05) is 24.3 Å². The first-order valence-electron chi connectivity index (χ1n) is 12.0. The van der Waals surface area contributed by atoms with E-state index in [9.17, 15) is 40.9 Å². The second-order valence-electron chi connectivity index (χ2n) is 9.34. The Morgan fingerprint density at radius 2 is 0.824 bits per heavy atom. The van der Waals surface area contributed by atoms with E-state index in [0.29, 0.717) is 25.7 Å². The van der Waals surface area contributed by atoms with Crippen molar-refractivity contribution < 1.29 is 50.3 Å². The summed E-state index contributed by atoms with van der Waals surface area (Å²) in [5.74, 6) is 0. The molecule has 34 heavy (non-hydrogen) atoms. The number of hydrogen-bond acceptors (Lipinski definition) is 10. The lowest BCUT2D eigenvalue weighted by Crippen LogP contribution is -2.58. The van der Waals surface area contributed by atoms with E-state index in [4.69, 9.17) is 9.47 Å². The first-order chi connectivity index (χ1) is 16.3. The van der Waals surface area contributed by atoms with Crippen LogP contribution in [0.5, 0.6) is 0 Å². The van der Waals surface area contributed by atoms with E-state index in [1.54, 1.807) is 0 Å². The molecule has 10 heteroatoms. The summed E-state index contributed by atoms with van der Waals surface area (Å²) in [6, 6.07) is 8.04. The average molecular weight is 487 g/mol. The molecule has 3 rings (SSSR count). The van der Waals surface area contributed by atoms with E-state index in [0.717, 1.165) is 24.0 Å². The fourth-order valence-corrected chi connectivity index (χ4v) is 4.72. The molecular formula is C24H38O10. The van der Waals surface area contributed by atoms with Crippen LogP contribution in [0.4, 0.5) is 0 Å². The average Bonchev–Trinajstić information content (AvgIpc) is 2.85. The van der Waals surface area contributed by atoms with Gasteiger partial charge in [0.2, 0.25) is 0 Å². The molecule has 10 atom stereocenters. The van der Waals surface area contributed by atoms with Gasteiger partial charge < -0.3 is 50.3 Å². The van der Waals surface area contributed by atoms with Crippen molar-refractivity contribution in [1.82, 2.24) is 0 Å². The van der Waals surface area contributed by atoms with Gasteiger partial charge in [-0.05, 0) is 49.7 Å². The van der Waals surface area contributed by atoms with Crippen molar-refractivity contribution in [3.63, 3.8) is 0 Å². The van der Waals surface area contributed by atoms with Crippen molar-refractivity contribution in [3.8, 4) is 0 Å². The number of aliphatic hydroxyl groups is 8. The van der Waals surface area contributed by atoms with Gasteiger partial charge in [-0.25, -0.2) is 0 Å². The van der Waals surface area contributed by atoms with Crippen LogP contribution in [-0.4, -0.2) is 115 Å². The molecule has 2 aliphatic heterocycles. The molecule has 1 unspecified atom stereocenters. The van der Waals surface area contributed by atoms with E-state index in [2.05, 4.69) is 0 Å². The first kappa shape index (κ1) is 27.4. The van der Waals surface area contributed by atoms with Gasteiger partial charge in [0, 0.05) is 0 Å². The highest BCUT2D eigenvalue weighted by molar-refractivity contribution is 5.22. The van der Waals surface area contributed by atoms with Gasteiger partial charge in [0.1, 0.15) is 48.8 Å². The van der Waals surface area contributed by atoms with Crippen LogP contribution in [0, 0.1) is 0 Å². The molecule has 194 valence electrons. The van der Waals surface area contributed by atoms with Crippen molar-refractivity contribution in [2.75, 3.05) is 13.2 Å². The third kappa shape index (κ3) is 6.52. The fourth-order valence-electron chi connectivity index (χ4n) is 4.72. The van der Waals surface area contributed by atoms with Gasteiger partial charge in [-0.3, -0.25) is 0 Å². The molecule has 2 heterocycles. The van der Waals surface area contributed by atoms with Crippen molar-refractivity contribution >= 4 is 0 Å². The highest BCUT2D eigenvalue weighted by atomic mass is 16.5. The Hall–Kier alpha value is -1.18. The third-order valence-electron chi connectivity index (χ3n) is 6.91. The zero-order valence-electron chi connectivity index (χ0n) is 19.1. The summed E-state index contributed by atoms with van der Waals surface area (Å²) in [5, 5.41) is 78.3. The maximum atomic E-state index is 10.1. The minimum absolute atomic E-state index is 0.431. The number of benzene rings is 1. The molecule has 1 aromatic carbocycles. The van der Waals surface area contributed by atoms with Crippen LogP contribution in [0.2, 0.25) is 0 Å². The number of aliphatic hydroxyl groups excluding tert-OH is 8. The van der Waals surface area contributed by atoms with Crippen LogP contribution in [0.3, 0.4) is 0 Å². The largest absolute Gasteiger partial charge is 0.394 e. The van der Waals surface area contributed by atoms with Gasteiger partial charge in [0.15, 0.2) is 0 Å². The second-order valence-corrected chi connectivity index (χ2v) is 9.34. The molecule has 0 amide bonds. The first-order valence-corrected chi connectivity index (χ1v) is 12.0. The topological polar surface area (TPSA) is 180 Å². The van der Waals surface area contributed by atoms with Gasteiger partial charge in [-0.1, -0.05) is 24.3 Å². The van der Waals surface area contributed by atoms with Gasteiger partial charge in [0.25, 0.3) is 0 Å². The molecular weight excluding hydrogens is 448 g/mol. The Morgan fingerprint density at radius 1 is 0.500 bits per heavy atom. The van der Waals surface area contributed by atoms with Gasteiger partial charge in [-0.2, -0.15) is 0 Å². The molecule has 2 aliphatic rings. The summed E-state index contributed by atoms with van der Waals surface area (Å²) in [5.41, 5.74) is 2.20. The maximum absolute atomic E-state index is 10.1. The molecule has 10 nitrogen and oxygen atoms in total. The second kappa shape index (κ2) is 12.7. The van der Waals surface area contributed by atoms with Gasteiger partial charge >= 0.3 is 0 Å². The normalized spacial score (nSPS) is 38.7. The summed E-state index contributed by atoms with van der Waals surface area (Å²) in [6.07, 6.45) is -7.06. The van der Waals surface area contributed by atoms with Crippen molar-refractivity contribution in [3.05, 3.63) is 35.4 Å². The quantitative estimate of drug-likeness (QED) is 0.185. The van der Waals surface area contributed by atoms with Crippen LogP contribution in [-0.2, 0) is 22.3 Å². The Morgan fingerprint density at radius 3 is 1.15 bits per heavy atom. The zero-order chi connectivity index (χ0) is 24.8. The van der Waals surface area contributed by atoms with Crippen LogP contribution in [0.25, 0.3) is 0 Å². The van der Waals surface area contributed by atoms with E-state index >= 15 is 0 Å². The van der Waals surface area contributed by atoms with Gasteiger partial charge in [-0.15, -0.1) is 0 Å². The predicted octanol–water partition coefficient (Wildman–Crippen LogP) is -1.98. The minimum Gasteiger partial charge on any atom is -0.394 e. The summed E-state index contributed by atoms with van der Waals surface area (Å²) >= 11 is 0. The lowest BCUT2D eigenvalue weighted by molar-refractivity contribution is -0.230. The molecule has 0 saturated carbocycles. The molecule has 8 N–H and O–H groups in total. The molecule has 0 spiro atoms. The summed E-state index contributed by atoms with van der Waals surface area (Å²) in [6.45, 7) is -0.863. The van der Waals surface area contributed by atoms with Crippen LogP contribution < -0.4 is 0 Å². The van der Waals surface area contributed by atoms with Crippen molar-refractivity contribution in [2.45, 2.75) is 99.6 Å². The van der Waals surface area contributed by atoms with E-state index in [1.165, 1.54) is 0 Å². The number of hydrogen-bond donors (Lipinski definition) is 8. The summed E-state index contributed by atoms with van der Waals surface area (Å²) < 4.78 is 11.1. The fraction of sp³-hybridized carbons (Fsp3) is 0.750. The summed E-state index contributed by atoms with van der Waals surface area (Å²) in [7, 11) is 0. The Kier molecular flexibility index (Phi) is 10.2. The van der Waals surface area contributed by atoms with Crippen LogP contribution in [0.1, 0.15) is 36.8 Å². The van der Waals surface area contributed by atoms with Crippen LogP contribution >= 0.6 is 0 Å². The zero-order valence-corrected chi connectivity index (χ0v) is 19.1. The monoisotopic (exact) mass is 486 g/mol. The highest BCUT2D eigenvalue weighted by Gasteiger charge is 2.43. The third-order valence-corrected chi connectivity index (χ3v) is 6.91. The molecule has 0 aromatic heterocycles. The smallest absolute Gasteiger partial charge is 0.111 e. The molecule has 0 aliphatic carbocycles. The minimum atomic E-state index is -1.35. The molecule has 2 saturated heterocycles. The Labute approximate surface area is 199 Å². The predicted molar refractivity (Wildman–Crippen MR) is 120 cm³/mol. The SMILES string of the molecule is OC[C@H]1O[C@H](CCCc2ccc(CCCC3O[C@H](CO)[C@@H](O)[C@H](O)[C@@H]3O)cc2)[C@@H](O)[C@@H](O)[C@@H]1O. The Balaban J connectivity index is 1.40.